The van der Waals surface area contributed by atoms with Crippen LogP contribution in [0, 0.1) is 0 Å². The van der Waals surface area contributed by atoms with E-state index < -0.39 is 0 Å². The Bertz CT molecular complexity index is 136. The minimum Gasteiger partial charge on any atom is -0.328 e. The minimum absolute atomic E-state index is 0.448. The van der Waals surface area contributed by atoms with Crippen LogP contribution in [0.1, 0.15) is 19.3 Å². The lowest BCUT2D eigenvalue weighted by Gasteiger charge is -2.21. The fourth-order valence-electron chi connectivity index (χ4n) is 1.75. The predicted octanol–water partition coefficient (Wildman–Crippen LogP) is 0.361. The Morgan fingerprint density at radius 2 is 2.08 bits per heavy atom. The summed E-state index contributed by atoms with van der Waals surface area (Å²) in [5.74, 6) is 0. The van der Waals surface area contributed by atoms with Gasteiger partial charge in [-0.15, -0.1) is 0 Å². The molecule has 1 fully saturated rings. The summed E-state index contributed by atoms with van der Waals surface area (Å²) in [6.07, 6.45) is 3.65. The van der Waals surface area contributed by atoms with Gasteiger partial charge in [0.15, 0.2) is 0 Å². The highest BCUT2D eigenvalue weighted by molar-refractivity contribution is 4.71. The van der Waals surface area contributed by atoms with Crippen molar-refractivity contribution in [1.82, 2.24) is 9.80 Å². The third-order valence-electron chi connectivity index (χ3n) is 2.73. The summed E-state index contributed by atoms with van der Waals surface area (Å²) < 4.78 is 0. The molecule has 0 radical (unpaired) electrons. The van der Waals surface area contributed by atoms with E-state index in [9.17, 15) is 0 Å². The van der Waals surface area contributed by atoms with Crippen molar-refractivity contribution in [2.75, 3.05) is 40.3 Å². The van der Waals surface area contributed by atoms with E-state index in [1.165, 1.54) is 38.9 Å². The molecule has 0 aromatic carbocycles. The van der Waals surface area contributed by atoms with Crippen LogP contribution >= 0.6 is 0 Å². The third-order valence-corrected chi connectivity index (χ3v) is 2.73. The zero-order valence-corrected chi connectivity index (χ0v) is 9.00. The number of hydrogen-bond donors (Lipinski definition) is 1. The molecule has 0 bridgehead atoms. The summed E-state index contributed by atoms with van der Waals surface area (Å²) in [4.78, 5) is 4.78. The molecule has 2 N–H and O–H groups in total. The van der Waals surface area contributed by atoms with Gasteiger partial charge in [0.25, 0.3) is 0 Å². The smallest absolute Gasteiger partial charge is 0.0109 e. The predicted molar refractivity (Wildman–Crippen MR) is 56.8 cm³/mol. The number of likely N-dealkylation sites (tertiary alicyclic amines) is 1. The Hall–Kier alpha value is -0.120. The monoisotopic (exact) mass is 185 g/mol. The van der Waals surface area contributed by atoms with Gasteiger partial charge in [-0.05, 0) is 46.4 Å². The van der Waals surface area contributed by atoms with Gasteiger partial charge in [0.05, 0.1) is 0 Å². The van der Waals surface area contributed by atoms with Crippen LogP contribution in [0.4, 0.5) is 0 Å². The second-order valence-electron chi connectivity index (χ2n) is 4.34. The first-order valence-electron chi connectivity index (χ1n) is 5.31. The highest BCUT2D eigenvalue weighted by Crippen LogP contribution is 2.08. The second kappa shape index (κ2) is 5.58. The van der Waals surface area contributed by atoms with E-state index in [0.29, 0.717) is 6.04 Å². The van der Waals surface area contributed by atoms with Gasteiger partial charge in [-0.3, -0.25) is 0 Å². The van der Waals surface area contributed by atoms with Crippen LogP contribution in [0.25, 0.3) is 0 Å². The zero-order chi connectivity index (χ0) is 9.68. The molecule has 0 spiro atoms. The van der Waals surface area contributed by atoms with E-state index in [-0.39, 0.29) is 0 Å². The van der Waals surface area contributed by atoms with Gasteiger partial charge in [-0.25, -0.2) is 0 Å². The molecule has 1 saturated heterocycles. The largest absolute Gasteiger partial charge is 0.328 e. The van der Waals surface area contributed by atoms with Crippen molar-refractivity contribution >= 4 is 0 Å². The maximum absolute atomic E-state index is 5.92. The molecule has 0 aromatic heterocycles. The average Bonchev–Trinajstić information content (AvgIpc) is 2.27. The van der Waals surface area contributed by atoms with E-state index in [4.69, 9.17) is 5.73 Å². The van der Waals surface area contributed by atoms with Crippen LogP contribution in [-0.2, 0) is 0 Å². The Morgan fingerprint density at radius 3 is 2.77 bits per heavy atom. The van der Waals surface area contributed by atoms with Gasteiger partial charge in [0.1, 0.15) is 0 Å². The van der Waals surface area contributed by atoms with Crippen molar-refractivity contribution < 1.29 is 0 Å². The van der Waals surface area contributed by atoms with Gasteiger partial charge in [-0.2, -0.15) is 0 Å². The first-order valence-corrected chi connectivity index (χ1v) is 5.31. The summed E-state index contributed by atoms with van der Waals surface area (Å²) >= 11 is 0. The van der Waals surface area contributed by atoms with Crippen molar-refractivity contribution in [3.63, 3.8) is 0 Å². The Kier molecular flexibility index (Phi) is 4.70. The SMILES string of the molecule is CN(C)CCN1CCC[C@H](N)CC1. The molecule has 0 unspecified atom stereocenters. The fourth-order valence-corrected chi connectivity index (χ4v) is 1.75. The molecule has 0 aliphatic carbocycles. The molecule has 1 heterocycles. The van der Waals surface area contributed by atoms with Crippen LogP contribution in [0.15, 0.2) is 0 Å². The topological polar surface area (TPSA) is 32.5 Å². The number of nitrogens with two attached hydrogens (primary N) is 1. The van der Waals surface area contributed by atoms with Crippen molar-refractivity contribution in [3.8, 4) is 0 Å². The maximum atomic E-state index is 5.92. The van der Waals surface area contributed by atoms with Crippen molar-refractivity contribution in [2.45, 2.75) is 25.3 Å². The molecule has 1 rings (SSSR count). The van der Waals surface area contributed by atoms with Gasteiger partial charge in [0.2, 0.25) is 0 Å². The molecular weight excluding hydrogens is 162 g/mol. The van der Waals surface area contributed by atoms with Crippen LogP contribution in [-0.4, -0.2) is 56.1 Å². The standard InChI is InChI=1S/C10H23N3/c1-12(2)8-9-13-6-3-4-10(11)5-7-13/h10H,3-9,11H2,1-2H3/t10-/m0/s1. The van der Waals surface area contributed by atoms with E-state index >= 15 is 0 Å². The normalized spacial score (nSPS) is 26.3. The molecule has 0 amide bonds. The zero-order valence-electron chi connectivity index (χ0n) is 9.00. The van der Waals surface area contributed by atoms with E-state index in [1.807, 2.05) is 0 Å². The third kappa shape index (κ3) is 4.60. The van der Waals surface area contributed by atoms with Crippen LogP contribution in [0.5, 0.6) is 0 Å². The first kappa shape index (κ1) is 11.0. The maximum Gasteiger partial charge on any atom is 0.0109 e. The molecule has 0 aromatic rings. The van der Waals surface area contributed by atoms with Crippen LogP contribution < -0.4 is 5.73 Å². The fraction of sp³-hybridized carbons (Fsp3) is 1.00. The molecule has 78 valence electrons. The number of likely N-dealkylation sites (N-methyl/N-ethyl adjacent to an activating group) is 1. The van der Waals surface area contributed by atoms with Crippen molar-refractivity contribution in [2.24, 2.45) is 5.73 Å². The molecule has 13 heavy (non-hydrogen) atoms. The van der Waals surface area contributed by atoms with Crippen molar-refractivity contribution in [1.29, 1.82) is 0 Å². The number of hydrogen-bond acceptors (Lipinski definition) is 3. The average molecular weight is 185 g/mol. The summed E-state index contributed by atoms with van der Waals surface area (Å²) in [5, 5.41) is 0. The Labute approximate surface area is 81.9 Å². The lowest BCUT2D eigenvalue weighted by molar-refractivity contribution is 0.248. The van der Waals surface area contributed by atoms with Gasteiger partial charge in [-0.1, -0.05) is 0 Å². The van der Waals surface area contributed by atoms with E-state index in [1.54, 1.807) is 0 Å². The van der Waals surface area contributed by atoms with E-state index in [0.717, 1.165) is 6.54 Å². The lowest BCUT2D eigenvalue weighted by Crippen LogP contribution is -2.33. The molecule has 1 aliphatic heterocycles. The van der Waals surface area contributed by atoms with E-state index in [2.05, 4.69) is 23.9 Å². The summed E-state index contributed by atoms with van der Waals surface area (Å²) in [5.41, 5.74) is 5.92. The number of rotatable bonds is 3. The summed E-state index contributed by atoms with van der Waals surface area (Å²) in [6, 6.07) is 0.448. The summed E-state index contributed by atoms with van der Waals surface area (Å²) in [6.45, 7) is 4.78. The second-order valence-corrected chi connectivity index (χ2v) is 4.34. The Morgan fingerprint density at radius 1 is 1.31 bits per heavy atom. The Balaban J connectivity index is 2.18. The highest BCUT2D eigenvalue weighted by atomic mass is 15.2. The highest BCUT2D eigenvalue weighted by Gasteiger charge is 2.13. The van der Waals surface area contributed by atoms with Gasteiger partial charge >= 0.3 is 0 Å². The quantitative estimate of drug-likeness (QED) is 0.689. The molecular formula is C10H23N3. The molecule has 3 heteroatoms. The first-order chi connectivity index (χ1) is 6.18. The molecule has 3 nitrogen and oxygen atoms in total. The molecule has 1 atom stereocenters. The minimum atomic E-state index is 0.448. The molecule has 0 saturated carbocycles. The number of nitrogens with zero attached hydrogens (tertiary/aromatic N) is 2. The van der Waals surface area contributed by atoms with Crippen LogP contribution in [0.3, 0.4) is 0 Å². The summed E-state index contributed by atoms with van der Waals surface area (Å²) in [7, 11) is 4.26. The van der Waals surface area contributed by atoms with Crippen LogP contribution in [0.2, 0.25) is 0 Å². The van der Waals surface area contributed by atoms with Crippen molar-refractivity contribution in [3.05, 3.63) is 0 Å². The lowest BCUT2D eigenvalue weighted by atomic mass is 10.1. The molecule has 1 aliphatic rings. The van der Waals surface area contributed by atoms with Gasteiger partial charge < -0.3 is 15.5 Å². The van der Waals surface area contributed by atoms with Gasteiger partial charge in [0, 0.05) is 19.1 Å².